The van der Waals surface area contributed by atoms with Gasteiger partial charge in [0.15, 0.2) is 0 Å². The van der Waals surface area contributed by atoms with Gasteiger partial charge in [-0.15, -0.1) is 0 Å². The van der Waals surface area contributed by atoms with Crippen LogP contribution < -0.4 is 0 Å². The van der Waals surface area contributed by atoms with E-state index in [4.69, 9.17) is 4.74 Å². The van der Waals surface area contributed by atoms with Gasteiger partial charge in [0.25, 0.3) is 5.78 Å². The second kappa shape index (κ2) is 5.21. The predicted molar refractivity (Wildman–Crippen MR) is 48.9 cm³/mol. The van der Waals surface area contributed by atoms with Crippen molar-refractivity contribution in [2.24, 2.45) is 0 Å². The first-order valence-corrected chi connectivity index (χ1v) is 4.49. The zero-order valence-electron chi connectivity index (χ0n) is 7.99. The number of rotatable bonds is 5. The second-order valence-corrected chi connectivity index (χ2v) is 2.83. The van der Waals surface area contributed by atoms with Crippen molar-refractivity contribution in [3.63, 3.8) is 0 Å². The molecule has 0 amide bonds. The van der Waals surface area contributed by atoms with Gasteiger partial charge >= 0.3 is 5.97 Å². The van der Waals surface area contributed by atoms with Crippen molar-refractivity contribution in [2.45, 2.75) is 19.8 Å². The highest BCUT2D eigenvalue weighted by molar-refractivity contribution is 6.40. The van der Waals surface area contributed by atoms with Crippen LogP contribution in [-0.2, 0) is 9.53 Å². The summed E-state index contributed by atoms with van der Waals surface area (Å²) in [5, 5.41) is 0. The fraction of sp³-hybridized carbons (Fsp3) is 0.400. The molecule has 76 valence electrons. The second-order valence-electron chi connectivity index (χ2n) is 2.83. The monoisotopic (exact) mass is 196 g/mol. The number of hydrogen-bond acceptors (Lipinski definition) is 4. The summed E-state index contributed by atoms with van der Waals surface area (Å²) in [6.07, 6.45) is 4.26. The zero-order chi connectivity index (χ0) is 10.4. The summed E-state index contributed by atoms with van der Waals surface area (Å²) in [5.41, 5.74) is 0.228. The van der Waals surface area contributed by atoms with Crippen LogP contribution in [0.15, 0.2) is 23.0 Å². The van der Waals surface area contributed by atoms with Crippen molar-refractivity contribution in [1.82, 2.24) is 0 Å². The molecule has 0 saturated carbocycles. The molecule has 0 saturated heterocycles. The fourth-order valence-corrected chi connectivity index (χ4v) is 0.886. The molecule has 0 atom stereocenters. The fourth-order valence-electron chi connectivity index (χ4n) is 0.886. The molecule has 0 radical (unpaired) electrons. The molecule has 1 aromatic rings. The van der Waals surface area contributed by atoms with Crippen LogP contribution in [0.5, 0.6) is 0 Å². The number of carbonyl (C=O) groups is 2. The van der Waals surface area contributed by atoms with Crippen molar-refractivity contribution in [3.05, 3.63) is 24.2 Å². The highest BCUT2D eigenvalue weighted by Gasteiger charge is 2.18. The molecule has 0 spiro atoms. The molecular formula is C10H12O4. The normalized spacial score (nSPS) is 9.79. The Labute approximate surface area is 81.9 Å². The van der Waals surface area contributed by atoms with Crippen LogP contribution in [0.1, 0.15) is 30.1 Å². The standard InChI is InChI=1S/C10H12O4/c1-2-3-5-14-10(12)9(11)8-4-6-13-7-8/h4,6-7H,2-3,5H2,1H3. The molecule has 0 bridgehead atoms. The average molecular weight is 196 g/mol. The lowest BCUT2D eigenvalue weighted by Crippen LogP contribution is -2.17. The number of hydrogen-bond donors (Lipinski definition) is 0. The van der Waals surface area contributed by atoms with Crippen LogP contribution >= 0.6 is 0 Å². The maximum Gasteiger partial charge on any atom is 0.379 e. The average Bonchev–Trinajstić information content (AvgIpc) is 2.69. The first-order valence-electron chi connectivity index (χ1n) is 4.49. The molecule has 4 nitrogen and oxygen atoms in total. The van der Waals surface area contributed by atoms with E-state index in [9.17, 15) is 9.59 Å². The van der Waals surface area contributed by atoms with Crippen LogP contribution in [0.3, 0.4) is 0 Å². The molecule has 1 heterocycles. The first-order chi connectivity index (χ1) is 6.75. The van der Waals surface area contributed by atoms with Crippen LogP contribution in [0, 0.1) is 0 Å². The highest BCUT2D eigenvalue weighted by atomic mass is 16.5. The number of unbranched alkanes of at least 4 members (excludes halogenated alkanes) is 1. The third-order valence-electron chi connectivity index (χ3n) is 1.70. The molecule has 0 aliphatic rings. The number of esters is 1. The Morgan fingerprint density at radius 1 is 1.50 bits per heavy atom. The van der Waals surface area contributed by atoms with Gasteiger partial charge in [0.05, 0.1) is 18.4 Å². The van der Waals surface area contributed by atoms with E-state index in [0.717, 1.165) is 12.8 Å². The maximum absolute atomic E-state index is 11.3. The highest BCUT2D eigenvalue weighted by Crippen LogP contribution is 2.02. The molecule has 0 aliphatic heterocycles. The van der Waals surface area contributed by atoms with E-state index in [1.807, 2.05) is 6.92 Å². The Hall–Kier alpha value is -1.58. The van der Waals surface area contributed by atoms with Crippen molar-refractivity contribution in [2.75, 3.05) is 6.61 Å². The number of ketones is 1. The lowest BCUT2D eigenvalue weighted by atomic mass is 10.2. The van der Waals surface area contributed by atoms with Gasteiger partial charge in [-0.25, -0.2) is 4.79 Å². The van der Waals surface area contributed by atoms with Gasteiger partial charge in [0, 0.05) is 0 Å². The molecule has 0 unspecified atom stereocenters. The van der Waals surface area contributed by atoms with E-state index >= 15 is 0 Å². The van der Waals surface area contributed by atoms with Crippen molar-refractivity contribution < 1.29 is 18.7 Å². The largest absolute Gasteiger partial charge is 0.472 e. The van der Waals surface area contributed by atoms with Gasteiger partial charge in [-0.3, -0.25) is 4.79 Å². The third kappa shape index (κ3) is 2.73. The summed E-state index contributed by atoms with van der Waals surface area (Å²) in [7, 11) is 0. The Balaban J connectivity index is 2.42. The summed E-state index contributed by atoms with van der Waals surface area (Å²) >= 11 is 0. The van der Waals surface area contributed by atoms with Gasteiger partial charge in [-0.05, 0) is 12.5 Å². The van der Waals surface area contributed by atoms with Gasteiger partial charge in [-0.1, -0.05) is 13.3 Å². The maximum atomic E-state index is 11.3. The summed E-state index contributed by atoms with van der Waals surface area (Å²) in [4.78, 5) is 22.4. The van der Waals surface area contributed by atoms with E-state index in [-0.39, 0.29) is 5.56 Å². The van der Waals surface area contributed by atoms with E-state index in [1.165, 1.54) is 18.6 Å². The van der Waals surface area contributed by atoms with Crippen molar-refractivity contribution in [3.8, 4) is 0 Å². The number of Topliss-reactive ketones (excluding diaryl/α,β-unsaturated/α-hetero) is 1. The molecule has 0 aromatic carbocycles. The Morgan fingerprint density at radius 3 is 2.86 bits per heavy atom. The van der Waals surface area contributed by atoms with Gasteiger partial charge in [0.1, 0.15) is 6.26 Å². The Bertz CT molecular complexity index is 300. The van der Waals surface area contributed by atoms with Crippen LogP contribution in [-0.4, -0.2) is 18.4 Å². The molecule has 14 heavy (non-hydrogen) atoms. The third-order valence-corrected chi connectivity index (χ3v) is 1.70. The molecule has 0 aliphatic carbocycles. The van der Waals surface area contributed by atoms with Gasteiger partial charge < -0.3 is 9.15 Å². The molecule has 1 rings (SSSR count). The minimum Gasteiger partial charge on any atom is -0.472 e. The van der Waals surface area contributed by atoms with E-state index in [0.29, 0.717) is 6.61 Å². The number of ether oxygens (including phenoxy) is 1. The van der Waals surface area contributed by atoms with Crippen LogP contribution in [0.25, 0.3) is 0 Å². The number of furan rings is 1. The summed E-state index contributed by atoms with van der Waals surface area (Å²) in [5.74, 6) is -1.48. The summed E-state index contributed by atoms with van der Waals surface area (Å²) in [6.45, 7) is 2.27. The quantitative estimate of drug-likeness (QED) is 0.312. The smallest absolute Gasteiger partial charge is 0.379 e. The Kier molecular flexibility index (Phi) is 3.91. The van der Waals surface area contributed by atoms with Crippen LogP contribution in [0.2, 0.25) is 0 Å². The molecule has 0 N–H and O–H groups in total. The Morgan fingerprint density at radius 2 is 2.29 bits per heavy atom. The SMILES string of the molecule is CCCCOC(=O)C(=O)c1ccoc1. The minimum absolute atomic E-state index is 0.228. The van der Waals surface area contributed by atoms with Crippen LogP contribution in [0.4, 0.5) is 0 Å². The zero-order valence-corrected chi connectivity index (χ0v) is 7.99. The van der Waals surface area contributed by atoms with E-state index in [2.05, 4.69) is 4.42 Å². The van der Waals surface area contributed by atoms with Gasteiger partial charge in [-0.2, -0.15) is 0 Å². The summed E-state index contributed by atoms with van der Waals surface area (Å²) in [6, 6.07) is 1.43. The van der Waals surface area contributed by atoms with Crippen molar-refractivity contribution >= 4 is 11.8 Å². The topological polar surface area (TPSA) is 56.5 Å². The lowest BCUT2D eigenvalue weighted by Gasteiger charge is -2.00. The molecular weight excluding hydrogens is 184 g/mol. The van der Waals surface area contributed by atoms with Gasteiger partial charge in [0.2, 0.25) is 0 Å². The van der Waals surface area contributed by atoms with Crippen molar-refractivity contribution in [1.29, 1.82) is 0 Å². The minimum atomic E-state index is -0.820. The van der Waals surface area contributed by atoms with E-state index < -0.39 is 11.8 Å². The molecule has 1 aromatic heterocycles. The number of carbonyl (C=O) groups excluding carboxylic acids is 2. The molecule has 0 fully saturated rings. The molecule has 4 heteroatoms. The summed E-state index contributed by atoms with van der Waals surface area (Å²) < 4.78 is 9.42. The lowest BCUT2D eigenvalue weighted by molar-refractivity contribution is -0.138. The predicted octanol–water partition coefficient (Wildman–Crippen LogP) is 1.81. The first kappa shape index (κ1) is 10.5. The van der Waals surface area contributed by atoms with E-state index in [1.54, 1.807) is 0 Å².